The van der Waals surface area contributed by atoms with Crippen molar-refractivity contribution in [2.75, 3.05) is 0 Å². The summed E-state index contributed by atoms with van der Waals surface area (Å²) < 4.78 is 654. The molecule has 0 fully saturated rings. The maximum atomic E-state index is 13.3. The first-order valence-electron chi connectivity index (χ1n) is 35.6. The zero-order chi connectivity index (χ0) is 109. The fourth-order valence-corrected chi connectivity index (χ4v) is 18.6. The van der Waals surface area contributed by atoms with Crippen molar-refractivity contribution in [2.24, 2.45) is 0 Å². The van der Waals surface area contributed by atoms with E-state index in [1.807, 2.05) is 0 Å². The monoisotopic (exact) mass is 2220 g/mol. The molecule has 0 saturated heterocycles. The van der Waals surface area contributed by atoms with Crippen LogP contribution in [0.4, 0.5) is 184 Å². The third kappa shape index (κ3) is 27.5. The molecule has 0 aliphatic carbocycles. The van der Waals surface area contributed by atoms with Crippen LogP contribution >= 0.6 is 0 Å². The van der Waals surface area contributed by atoms with E-state index in [-0.39, 0.29) is 72.8 Å². The summed E-state index contributed by atoms with van der Waals surface area (Å²) in [6.07, 6.45) is -56.7. The van der Waals surface area contributed by atoms with Crippen LogP contribution in [0.1, 0.15) is 44.5 Å². The Balaban J connectivity index is 0.000000295. The second kappa shape index (κ2) is 40.6. The second-order valence-electron chi connectivity index (χ2n) is 27.3. The van der Waals surface area contributed by atoms with Gasteiger partial charge in [-0.15, -0.1) is 0 Å². The van der Waals surface area contributed by atoms with Gasteiger partial charge in [0.25, 0.3) is 0 Å². The molecule has 0 radical (unpaired) electrons. The fourth-order valence-electron chi connectivity index (χ4n) is 10.4. The third-order valence-corrected chi connectivity index (χ3v) is 26.6. The average molecular weight is 2220 g/mol. The van der Waals surface area contributed by atoms with Gasteiger partial charge in [0.15, 0.2) is 29.4 Å². The van der Waals surface area contributed by atoms with E-state index in [1.54, 1.807) is 60.7 Å². The first-order chi connectivity index (χ1) is 63.9. The minimum Gasteiger partial charge on any atom is -0.544 e. The molecule has 10 rings (SSSR count). The van der Waals surface area contributed by atoms with Gasteiger partial charge in [-0.3, -0.25) is 0 Å². The Morgan fingerprint density at radius 3 is 0.472 bits per heavy atom. The van der Waals surface area contributed by atoms with Crippen molar-refractivity contribution < 1.29 is 255 Å². The quantitative estimate of drug-likeness (QED) is 0.0309. The maximum Gasteiger partial charge on any atom is 0.460 e. The summed E-state index contributed by atoms with van der Waals surface area (Å²) in [6, 6.07) is 34.7. The lowest BCUT2D eigenvalue weighted by Gasteiger charge is -2.33. The minimum atomic E-state index is -7.20. The zero-order valence-corrected chi connectivity index (χ0v) is 71.7. The lowest BCUT2D eigenvalue weighted by Crippen LogP contribution is -2.65. The first kappa shape index (κ1) is 117. The number of carbonyl (C=O) groups excluding carboxylic acids is 2. The molecule has 0 aliphatic heterocycles. The number of carboxylic acid groups (broad SMARTS) is 2. The van der Waals surface area contributed by atoms with E-state index in [1.165, 1.54) is 48.5 Å². The molecule has 0 unspecified atom stereocenters. The van der Waals surface area contributed by atoms with E-state index in [4.69, 9.17) is 16.7 Å². The summed E-state index contributed by atoms with van der Waals surface area (Å²) in [5.74, 6) is -52.1. The predicted molar refractivity (Wildman–Crippen MR) is 392 cm³/mol. The zero-order valence-electron chi connectivity index (χ0n) is 66.8. The van der Waals surface area contributed by atoms with Crippen LogP contribution in [-0.4, -0.2) is 93.5 Å². The van der Waals surface area contributed by atoms with Crippen molar-refractivity contribution in [2.45, 2.75) is 146 Å². The molecule has 0 aliphatic rings. The summed E-state index contributed by atoms with van der Waals surface area (Å²) in [5.41, 5.74) is -15.1. The van der Waals surface area contributed by atoms with Crippen molar-refractivity contribution in [1.82, 2.24) is 0 Å². The van der Waals surface area contributed by atoms with Crippen molar-refractivity contribution in [3.8, 4) is 23.0 Å². The van der Waals surface area contributed by atoms with Gasteiger partial charge < -0.3 is 36.5 Å². The fraction of sp³-hybridized carbons (Fsp3) is 0.205. The number of benzene rings is 10. The Bertz CT molecular complexity index is 5840. The van der Waals surface area contributed by atoms with Crippen LogP contribution in [0.3, 0.4) is 0 Å². The van der Waals surface area contributed by atoms with Crippen LogP contribution in [-0.2, 0) is 121 Å². The van der Waals surface area contributed by atoms with Crippen LogP contribution in [0.5, 0.6) is 23.0 Å². The highest BCUT2D eigenvalue weighted by Gasteiger charge is 2.83. The molecule has 16 nitrogen and oxygen atoms in total. The van der Waals surface area contributed by atoms with Crippen LogP contribution < -0.4 is 26.9 Å². The van der Waals surface area contributed by atoms with Crippen LogP contribution in [0.15, 0.2) is 279 Å². The van der Waals surface area contributed by atoms with Crippen molar-refractivity contribution >= 4 is 74.2 Å². The van der Waals surface area contributed by atoms with E-state index < -0.39 is 259 Å². The summed E-state index contributed by atoms with van der Waals surface area (Å²) >= 11 is 0. The number of halogens is 42. The minimum absolute atomic E-state index is 0.0101. The van der Waals surface area contributed by atoms with Gasteiger partial charge in [0.1, 0.15) is 54.5 Å². The molecule has 0 atom stereocenters. The van der Waals surface area contributed by atoms with Crippen molar-refractivity contribution in [1.29, 1.82) is 0 Å². The molecule has 0 saturated carbocycles. The van der Waals surface area contributed by atoms with Gasteiger partial charge in [-0.2, -0.15) is 218 Å². The SMILES string of the molecule is O=C([O-])C(F)(F)C(F)(F)C(F)(F)C(F)(F)F.O=C([O-])C(F)(F)C(F)(F)C(F)(F)C(F)(F)F.O=S(=O)(Oc1ccc([S+](c2ccccc2)c2ccc(OS(=O)(=O)c3cc(C(F)(F)F)cc(C(F)(F)F)c3)cc2)cc1)c1cc(C(F)(F)F)cc(C(F)(F)F)c1.O=S(=O)(Oc1ccc([S+](c2ccccc2)c2ccc(OS(=O)(=O)c3cc(C(F)(F)F)cc(C(F)(F)F)c3)cc2)cc1)c1cc(C(F)(F)F)cc(C(F)(F)F)c1. The van der Waals surface area contributed by atoms with Crippen LogP contribution in [0.2, 0.25) is 0 Å². The van der Waals surface area contributed by atoms with Gasteiger partial charge in [0.2, 0.25) is 0 Å². The first-order valence-corrected chi connectivity index (χ1v) is 43.7. The number of aliphatic carboxylic acids is 2. The van der Waals surface area contributed by atoms with Crippen molar-refractivity contribution in [3.05, 3.63) is 275 Å². The summed E-state index contributed by atoms with van der Waals surface area (Å²) in [6.45, 7) is 0. The van der Waals surface area contributed by atoms with Gasteiger partial charge in [-0.05, 0) is 194 Å². The second-order valence-corrected chi connectivity index (χ2v) is 37.5. The Labute approximate surface area is 769 Å². The molecular formula is C78H38F42O16S6. The molecule has 10 aromatic carbocycles. The molecule has 0 aromatic heterocycles. The molecule has 0 spiro atoms. The number of carboxylic acids is 2. The summed E-state index contributed by atoms with van der Waals surface area (Å²) in [5, 5.41) is 18.8. The summed E-state index contributed by atoms with van der Waals surface area (Å²) in [7, 11) is -23.2. The molecule has 142 heavy (non-hydrogen) atoms. The highest BCUT2D eigenvalue weighted by molar-refractivity contribution is 7.97. The Morgan fingerprint density at radius 2 is 0.345 bits per heavy atom. The van der Waals surface area contributed by atoms with E-state index in [9.17, 15) is 238 Å². The van der Waals surface area contributed by atoms with Crippen molar-refractivity contribution in [3.63, 3.8) is 0 Å². The number of hydrogen-bond donors (Lipinski definition) is 0. The summed E-state index contributed by atoms with van der Waals surface area (Å²) in [4.78, 5) is 16.0. The van der Waals surface area contributed by atoms with Crippen LogP contribution in [0.25, 0.3) is 0 Å². The number of hydrogen-bond acceptors (Lipinski definition) is 16. The normalized spacial score (nSPS) is 13.6. The van der Waals surface area contributed by atoms with Gasteiger partial charge in [-0.25, -0.2) is 0 Å². The predicted octanol–water partition coefficient (Wildman–Crippen LogP) is 23.2. The molecular weight excluding hydrogens is 2180 g/mol. The largest absolute Gasteiger partial charge is 0.544 e. The van der Waals surface area contributed by atoms with E-state index >= 15 is 0 Å². The van der Waals surface area contributed by atoms with E-state index in [0.29, 0.717) is 29.4 Å². The lowest BCUT2D eigenvalue weighted by molar-refractivity contribution is -0.410. The van der Waals surface area contributed by atoms with Gasteiger partial charge in [0.05, 0.1) is 66.3 Å². The van der Waals surface area contributed by atoms with Crippen LogP contribution in [0, 0.1) is 0 Å². The molecule has 0 heterocycles. The molecule has 64 heteroatoms. The molecule has 0 bridgehead atoms. The number of alkyl halides is 42. The van der Waals surface area contributed by atoms with Gasteiger partial charge in [-0.1, -0.05) is 36.4 Å². The highest BCUT2D eigenvalue weighted by atomic mass is 32.2. The number of carbonyl (C=O) groups is 2. The number of rotatable bonds is 24. The highest BCUT2D eigenvalue weighted by Crippen LogP contribution is 2.56. The van der Waals surface area contributed by atoms with E-state index in [2.05, 4.69) is 0 Å². The average Bonchev–Trinajstić information content (AvgIpc) is 0.739. The Kier molecular flexibility index (Phi) is 33.4. The van der Waals surface area contributed by atoms with Gasteiger partial charge >= 0.3 is 138 Å². The smallest absolute Gasteiger partial charge is 0.460 e. The topological polar surface area (TPSA) is 254 Å². The Hall–Kier alpha value is -12.1. The molecule has 776 valence electrons. The standard InChI is InChI=1S/2C34H19F12O6S3.2C5HF9O2/c2*35-31(36,37)20-14-21(32(38,39)40)17-29(16-20)54(47,48)51-24-6-10-27(11-7-24)53(26-4-2-1-3-5-26)28-12-8-25(9-13-28)52-55(49,50)30-18-22(33(41,42)43)15-23(19-30)34(44,45)46;2*6-2(7,1(15)16)3(8,9)4(10,11)5(12,13)14/h2*1-19H;2*(H,15,16)/q2*+1;;/p-2. The van der Waals surface area contributed by atoms with E-state index in [0.717, 1.165) is 48.5 Å². The third-order valence-electron chi connectivity index (χ3n) is 17.2. The maximum absolute atomic E-state index is 13.3. The molecule has 10 aromatic rings. The van der Waals surface area contributed by atoms with Gasteiger partial charge in [0, 0.05) is 0 Å². The molecule has 0 amide bonds. The lowest BCUT2D eigenvalue weighted by atomic mass is 10.0. The molecule has 0 N–H and O–H groups in total. The Morgan fingerprint density at radius 1 is 0.204 bits per heavy atom.